The molecule has 0 fully saturated rings. The lowest BCUT2D eigenvalue weighted by molar-refractivity contribution is 0.104. The minimum Gasteiger partial charge on any atom is -0.317 e. The lowest BCUT2D eigenvalue weighted by Crippen LogP contribution is -2.00. The molecule has 1 heterocycles. The normalized spacial score (nSPS) is 11.3. The van der Waals surface area contributed by atoms with Crippen molar-refractivity contribution in [3.05, 3.63) is 107 Å². The summed E-state index contributed by atoms with van der Waals surface area (Å²) in [6, 6.07) is 26.3. The molecule has 0 spiro atoms. The second-order valence-electron chi connectivity index (χ2n) is 6.72. The fraction of sp³-hybridized carbons (Fsp3) is 0.0800. The molecule has 4 rings (SSSR count). The van der Waals surface area contributed by atoms with Gasteiger partial charge in [0.1, 0.15) is 0 Å². The van der Waals surface area contributed by atoms with Crippen LogP contribution in [-0.4, -0.2) is 10.4 Å². The van der Waals surface area contributed by atoms with Crippen molar-refractivity contribution in [2.24, 2.45) is 0 Å². The highest BCUT2D eigenvalue weighted by Crippen LogP contribution is 2.27. The predicted molar refractivity (Wildman–Crippen MR) is 113 cm³/mol. The van der Waals surface area contributed by atoms with Crippen molar-refractivity contribution < 1.29 is 4.79 Å². The number of carbonyl (C=O) groups excluding carboxylic acids is 1. The van der Waals surface area contributed by atoms with Crippen LogP contribution in [0.2, 0.25) is 0 Å². The Balaban J connectivity index is 1.74. The Kier molecular flexibility index (Phi) is 4.47. The van der Waals surface area contributed by atoms with Gasteiger partial charge in [-0.3, -0.25) is 4.79 Å². The van der Waals surface area contributed by atoms with E-state index in [1.54, 1.807) is 6.08 Å². The van der Waals surface area contributed by atoms with E-state index < -0.39 is 0 Å². The van der Waals surface area contributed by atoms with E-state index in [4.69, 9.17) is 0 Å². The molecule has 0 N–H and O–H groups in total. The summed E-state index contributed by atoms with van der Waals surface area (Å²) in [4.78, 5) is 12.4. The fourth-order valence-corrected chi connectivity index (χ4v) is 3.59. The van der Waals surface area contributed by atoms with Crippen molar-refractivity contribution in [1.29, 1.82) is 0 Å². The minimum atomic E-state index is 0.0190. The van der Waals surface area contributed by atoms with Gasteiger partial charge in [-0.1, -0.05) is 66.7 Å². The molecule has 0 aliphatic heterocycles. The van der Waals surface area contributed by atoms with Crippen molar-refractivity contribution >= 4 is 22.6 Å². The van der Waals surface area contributed by atoms with Gasteiger partial charge in [-0.2, -0.15) is 0 Å². The summed E-state index contributed by atoms with van der Waals surface area (Å²) < 4.78 is 2.26. The van der Waals surface area contributed by atoms with Crippen LogP contribution in [0.3, 0.4) is 0 Å². The first-order valence-corrected chi connectivity index (χ1v) is 9.10. The van der Waals surface area contributed by atoms with E-state index in [0.717, 1.165) is 22.6 Å². The van der Waals surface area contributed by atoms with Crippen molar-refractivity contribution in [1.82, 2.24) is 4.57 Å². The molecule has 0 aliphatic rings. The maximum Gasteiger partial charge on any atom is 0.185 e. The number of hydrogen-bond acceptors (Lipinski definition) is 1. The van der Waals surface area contributed by atoms with E-state index in [2.05, 4.69) is 66.9 Å². The number of fused-ring (bicyclic) bond motifs is 1. The second-order valence-corrected chi connectivity index (χ2v) is 6.72. The quantitative estimate of drug-likeness (QED) is 0.319. The molecule has 0 atom stereocenters. The number of ketones is 1. The molecule has 0 saturated carbocycles. The van der Waals surface area contributed by atoms with Gasteiger partial charge in [0, 0.05) is 22.3 Å². The molecule has 3 aromatic carbocycles. The highest BCUT2D eigenvalue weighted by molar-refractivity contribution is 6.06. The van der Waals surface area contributed by atoms with Crippen LogP contribution < -0.4 is 0 Å². The van der Waals surface area contributed by atoms with E-state index in [1.807, 2.05) is 36.4 Å². The van der Waals surface area contributed by atoms with Crippen LogP contribution in [0, 0.1) is 13.8 Å². The van der Waals surface area contributed by atoms with Crippen molar-refractivity contribution in [2.75, 3.05) is 0 Å². The highest BCUT2D eigenvalue weighted by atomic mass is 16.1. The van der Waals surface area contributed by atoms with E-state index >= 15 is 0 Å². The molecule has 132 valence electrons. The van der Waals surface area contributed by atoms with Crippen molar-refractivity contribution in [3.63, 3.8) is 0 Å². The van der Waals surface area contributed by atoms with Crippen LogP contribution in [-0.2, 0) is 0 Å². The molecule has 1 aromatic heterocycles. The summed E-state index contributed by atoms with van der Waals surface area (Å²) in [5.41, 5.74) is 5.20. The van der Waals surface area contributed by atoms with Crippen LogP contribution in [0.15, 0.2) is 84.9 Å². The first kappa shape index (κ1) is 17.0. The summed E-state index contributed by atoms with van der Waals surface area (Å²) in [5, 5.41) is 2.44. The predicted octanol–water partition coefficient (Wildman–Crippen LogP) is 6.14. The zero-order chi connectivity index (χ0) is 18.8. The Bertz CT molecular complexity index is 1140. The maximum absolute atomic E-state index is 12.4. The Morgan fingerprint density at radius 2 is 1.56 bits per heavy atom. The minimum absolute atomic E-state index is 0.0190. The number of allylic oxidation sites excluding steroid dienone is 1. The zero-order valence-corrected chi connectivity index (χ0v) is 15.5. The van der Waals surface area contributed by atoms with Crippen LogP contribution in [0.1, 0.15) is 27.3 Å². The topological polar surface area (TPSA) is 22.0 Å². The van der Waals surface area contributed by atoms with Gasteiger partial charge in [-0.25, -0.2) is 0 Å². The highest BCUT2D eigenvalue weighted by Gasteiger charge is 2.11. The number of aryl methyl sites for hydroxylation is 1. The number of aromatic nitrogens is 1. The van der Waals surface area contributed by atoms with Gasteiger partial charge in [-0.15, -0.1) is 0 Å². The molecule has 2 heteroatoms. The summed E-state index contributed by atoms with van der Waals surface area (Å²) >= 11 is 0. The Morgan fingerprint density at radius 1 is 0.852 bits per heavy atom. The molecule has 4 aromatic rings. The summed E-state index contributed by atoms with van der Waals surface area (Å²) in [7, 11) is 0. The summed E-state index contributed by atoms with van der Waals surface area (Å²) in [6.45, 7) is 4.20. The molecule has 0 aliphatic carbocycles. The Labute approximate surface area is 159 Å². The van der Waals surface area contributed by atoms with Crippen LogP contribution in [0.5, 0.6) is 0 Å². The molecule has 27 heavy (non-hydrogen) atoms. The third kappa shape index (κ3) is 3.22. The first-order chi connectivity index (χ1) is 13.1. The average molecular weight is 351 g/mol. The largest absolute Gasteiger partial charge is 0.317 e. The molecule has 2 nitrogen and oxygen atoms in total. The van der Waals surface area contributed by atoms with Crippen LogP contribution in [0.25, 0.3) is 22.5 Å². The fourth-order valence-electron chi connectivity index (χ4n) is 3.59. The first-order valence-electron chi connectivity index (χ1n) is 9.10. The number of nitrogens with zero attached hydrogens (tertiary/aromatic N) is 1. The molecular weight excluding hydrogens is 330 g/mol. The van der Waals surface area contributed by atoms with E-state index in [9.17, 15) is 4.79 Å². The zero-order valence-electron chi connectivity index (χ0n) is 15.5. The Morgan fingerprint density at radius 3 is 2.37 bits per heavy atom. The summed E-state index contributed by atoms with van der Waals surface area (Å²) in [5.74, 6) is 0.0190. The molecule has 0 bridgehead atoms. The SMILES string of the molecule is Cc1cc(/C=C/C(=O)c2ccccc2)c(C)n1-c1cccc2ccccc12. The number of benzene rings is 3. The molecule has 0 saturated heterocycles. The third-order valence-electron chi connectivity index (χ3n) is 4.95. The molecule has 0 amide bonds. The lowest BCUT2D eigenvalue weighted by atomic mass is 10.1. The van der Waals surface area contributed by atoms with E-state index in [-0.39, 0.29) is 5.78 Å². The van der Waals surface area contributed by atoms with Gasteiger partial charge in [0.05, 0.1) is 5.69 Å². The Hall–Kier alpha value is -3.39. The average Bonchev–Trinajstić information content (AvgIpc) is 2.99. The monoisotopic (exact) mass is 351 g/mol. The molecular formula is C25H21NO. The number of hydrogen-bond donors (Lipinski definition) is 0. The molecule has 0 radical (unpaired) electrons. The number of rotatable bonds is 4. The van der Waals surface area contributed by atoms with Gasteiger partial charge in [-0.05, 0) is 49.1 Å². The van der Waals surface area contributed by atoms with Gasteiger partial charge < -0.3 is 4.57 Å². The van der Waals surface area contributed by atoms with Crippen LogP contribution in [0.4, 0.5) is 0 Å². The summed E-state index contributed by atoms with van der Waals surface area (Å²) in [6.07, 6.45) is 3.57. The second kappa shape index (κ2) is 7.08. The molecule has 0 unspecified atom stereocenters. The lowest BCUT2D eigenvalue weighted by Gasteiger charge is -2.13. The van der Waals surface area contributed by atoms with Crippen molar-refractivity contribution in [2.45, 2.75) is 13.8 Å². The van der Waals surface area contributed by atoms with Crippen molar-refractivity contribution in [3.8, 4) is 5.69 Å². The van der Waals surface area contributed by atoms with Gasteiger partial charge in [0.25, 0.3) is 0 Å². The number of carbonyl (C=O) groups is 1. The maximum atomic E-state index is 12.4. The van der Waals surface area contributed by atoms with E-state index in [0.29, 0.717) is 5.56 Å². The third-order valence-corrected chi connectivity index (χ3v) is 4.95. The van der Waals surface area contributed by atoms with Gasteiger partial charge in [0.15, 0.2) is 5.78 Å². The van der Waals surface area contributed by atoms with Gasteiger partial charge in [0.2, 0.25) is 0 Å². The smallest absolute Gasteiger partial charge is 0.185 e. The van der Waals surface area contributed by atoms with Gasteiger partial charge >= 0.3 is 0 Å². The van der Waals surface area contributed by atoms with E-state index in [1.165, 1.54) is 10.8 Å². The van der Waals surface area contributed by atoms with Crippen LogP contribution >= 0.6 is 0 Å². The standard InChI is InChI=1S/C25H21NO/c1-18-17-22(15-16-25(27)21-10-4-3-5-11-21)19(2)26(18)24-14-8-12-20-9-6-7-13-23(20)24/h3-17H,1-2H3/b16-15+.